The number of nitrogens with one attached hydrogen (secondary N) is 1. The second-order valence-electron chi connectivity index (χ2n) is 6.08. The van der Waals surface area contributed by atoms with E-state index in [1.165, 1.54) is 5.56 Å². The lowest BCUT2D eigenvalue weighted by molar-refractivity contribution is 0.304. The summed E-state index contributed by atoms with van der Waals surface area (Å²) >= 11 is 0. The van der Waals surface area contributed by atoms with Gasteiger partial charge in [0.05, 0.1) is 12.0 Å². The summed E-state index contributed by atoms with van der Waals surface area (Å²) in [5.74, 6) is 0. The summed E-state index contributed by atoms with van der Waals surface area (Å²) in [4.78, 5) is 4.38. The van der Waals surface area contributed by atoms with Gasteiger partial charge in [0.25, 0.3) is 0 Å². The maximum absolute atomic E-state index is 5.57. The average Bonchev–Trinajstić information content (AvgIpc) is 3.04. The Morgan fingerprint density at radius 2 is 1.91 bits per heavy atom. The van der Waals surface area contributed by atoms with Crippen LogP contribution < -0.4 is 11.1 Å². The highest BCUT2D eigenvalue weighted by Crippen LogP contribution is 2.28. The quantitative estimate of drug-likeness (QED) is 0.663. The second kappa shape index (κ2) is 8.85. The minimum Gasteiger partial charge on any atom is -0.337 e. The molecule has 0 fully saturated rings. The van der Waals surface area contributed by atoms with Gasteiger partial charge in [-0.2, -0.15) is 0 Å². The molecule has 23 heavy (non-hydrogen) atoms. The number of nitrogens with two attached hydrogens (primary N) is 1. The number of benzene rings is 1. The van der Waals surface area contributed by atoms with Crippen molar-refractivity contribution >= 4 is 0 Å². The SMILES string of the molecule is CCC(CC)(NCCCn1cnc(CCN)c1)c1ccccc1. The van der Waals surface area contributed by atoms with Crippen LogP contribution in [0.25, 0.3) is 0 Å². The molecule has 0 atom stereocenters. The number of imidazole rings is 1. The van der Waals surface area contributed by atoms with Crippen LogP contribution in [0.4, 0.5) is 0 Å². The number of hydrogen-bond acceptors (Lipinski definition) is 3. The standard InChI is InChI=1S/C19H30N4/c1-3-19(4-2,17-9-6-5-7-10-17)22-13-8-14-23-15-18(11-12-20)21-16-23/h5-7,9-10,15-16,22H,3-4,8,11-14,20H2,1-2H3. The van der Waals surface area contributed by atoms with Crippen molar-refractivity contribution in [3.63, 3.8) is 0 Å². The molecule has 0 aliphatic rings. The maximum atomic E-state index is 5.57. The zero-order valence-corrected chi connectivity index (χ0v) is 14.5. The Balaban J connectivity index is 1.87. The molecule has 1 aromatic carbocycles. The molecule has 0 unspecified atom stereocenters. The predicted molar refractivity (Wildman–Crippen MR) is 96.3 cm³/mol. The molecule has 0 saturated heterocycles. The van der Waals surface area contributed by atoms with E-state index in [9.17, 15) is 0 Å². The van der Waals surface area contributed by atoms with E-state index in [1.807, 2.05) is 6.33 Å². The molecular formula is C19H30N4. The number of nitrogens with zero attached hydrogens (tertiary/aromatic N) is 2. The topological polar surface area (TPSA) is 55.9 Å². The van der Waals surface area contributed by atoms with Crippen LogP contribution in [0.1, 0.15) is 44.4 Å². The van der Waals surface area contributed by atoms with Crippen molar-refractivity contribution in [1.82, 2.24) is 14.9 Å². The molecule has 4 nitrogen and oxygen atoms in total. The highest BCUT2D eigenvalue weighted by atomic mass is 15.0. The summed E-state index contributed by atoms with van der Waals surface area (Å²) in [5, 5.41) is 3.80. The summed E-state index contributed by atoms with van der Waals surface area (Å²) in [6.07, 6.45) is 8.16. The molecule has 0 spiro atoms. The molecule has 1 heterocycles. The number of rotatable bonds is 10. The van der Waals surface area contributed by atoms with E-state index < -0.39 is 0 Å². The van der Waals surface area contributed by atoms with Gasteiger partial charge < -0.3 is 15.6 Å². The largest absolute Gasteiger partial charge is 0.337 e. The second-order valence-corrected chi connectivity index (χ2v) is 6.08. The van der Waals surface area contributed by atoms with Gasteiger partial charge in [0.1, 0.15) is 0 Å². The summed E-state index contributed by atoms with van der Waals surface area (Å²) in [6.45, 7) is 7.17. The third kappa shape index (κ3) is 4.66. The fourth-order valence-electron chi connectivity index (χ4n) is 3.16. The lowest BCUT2D eigenvalue weighted by Crippen LogP contribution is -2.42. The number of hydrogen-bond donors (Lipinski definition) is 2. The molecule has 4 heteroatoms. The molecule has 0 radical (unpaired) electrons. The van der Waals surface area contributed by atoms with Crippen molar-refractivity contribution in [1.29, 1.82) is 0 Å². The maximum Gasteiger partial charge on any atom is 0.0949 e. The minimum atomic E-state index is 0.0842. The van der Waals surface area contributed by atoms with E-state index in [2.05, 4.69) is 65.2 Å². The zero-order chi connectivity index (χ0) is 16.5. The van der Waals surface area contributed by atoms with E-state index in [0.717, 1.165) is 44.5 Å². The van der Waals surface area contributed by atoms with Crippen LogP contribution in [0, 0.1) is 0 Å². The van der Waals surface area contributed by atoms with Crippen molar-refractivity contribution in [3.8, 4) is 0 Å². The smallest absolute Gasteiger partial charge is 0.0949 e. The van der Waals surface area contributed by atoms with Crippen LogP contribution in [-0.4, -0.2) is 22.6 Å². The van der Waals surface area contributed by atoms with Crippen molar-refractivity contribution < 1.29 is 0 Å². The Morgan fingerprint density at radius 3 is 2.57 bits per heavy atom. The highest BCUT2D eigenvalue weighted by molar-refractivity contribution is 5.24. The van der Waals surface area contributed by atoms with Gasteiger partial charge in [0, 0.05) is 24.7 Å². The van der Waals surface area contributed by atoms with Gasteiger partial charge >= 0.3 is 0 Å². The van der Waals surface area contributed by atoms with Gasteiger partial charge in [-0.25, -0.2) is 4.98 Å². The Labute approximate surface area is 140 Å². The third-order valence-electron chi connectivity index (χ3n) is 4.68. The third-order valence-corrected chi connectivity index (χ3v) is 4.68. The minimum absolute atomic E-state index is 0.0842. The van der Waals surface area contributed by atoms with Crippen molar-refractivity contribution in [2.24, 2.45) is 5.73 Å². The van der Waals surface area contributed by atoms with Gasteiger partial charge in [-0.3, -0.25) is 0 Å². The van der Waals surface area contributed by atoms with Gasteiger partial charge in [-0.05, 0) is 37.9 Å². The van der Waals surface area contributed by atoms with Crippen molar-refractivity contribution in [2.75, 3.05) is 13.1 Å². The average molecular weight is 314 g/mol. The molecule has 2 aromatic rings. The summed E-state index contributed by atoms with van der Waals surface area (Å²) in [6, 6.07) is 10.8. The lowest BCUT2D eigenvalue weighted by Gasteiger charge is -2.34. The van der Waals surface area contributed by atoms with Crippen molar-refractivity contribution in [3.05, 3.63) is 54.1 Å². The Morgan fingerprint density at radius 1 is 1.17 bits per heavy atom. The Hall–Kier alpha value is -1.65. The Kier molecular flexibility index (Phi) is 6.81. The van der Waals surface area contributed by atoms with Crippen molar-refractivity contribution in [2.45, 2.75) is 51.6 Å². The molecule has 1 aromatic heterocycles. The van der Waals surface area contributed by atoms with E-state index in [-0.39, 0.29) is 5.54 Å². The van der Waals surface area contributed by atoms with Gasteiger partial charge in [-0.1, -0.05) is 44.2 Å². The Bertz CT molecular complexity index is 558. The van der Waals surface area contributed by atoms with Crippen LogP contribution in [-0.2, 0) is 18.5 Å². The molecule has 0 amide bonds. The summed E-state index contributed by atoms with van der Waals surface area (Å²) in [5.41, 5.74) is 8.12. The first-order chi connectivity index (χ1) is 11.2. The fraction of sp³-hybridized carbons (Fsp3) is 0.526. The van der Waals surface area contributed by atoms with Crippen LogP contribution in [0.5, 0.6) is 0 Å². The normalized spacial score (nSPS) is 11.8. The van der Waals surface area contributed by atoms with Gasteiger partial charge in [-0.15, -0.1) is 0 Å². The first kappa shape index (κ1) is 17.7. The molecular weight excluding hydrogens is 284 g/mol. The fourth-order valence-corrected chi connectivity index (χ4v) is 3.16. The highest BCUT2D eigenvalue weighted by Gasteiger charge is 2.26. The lowest BCUT2D eigenvalue weighted by atomic mass is 9.84. The molecule has 0 aliphatic carbocycles. The van der Waals surface area contributed by atoms with Crippen LogP contribution >= 0.6 is 0 Å². The zero-order valence-electron chi connectivity index (χ0n) is 14.5. The monoisotopic (exact) mass is 314 g/mol. The first-order valence-electron chi connectivity index (χ1n) is 8.75. The molecule has 0 bridgehead atoms. The van der Waals surface area contributed by atoms with Crippen LogP contribution in [0.2, 0.25) is 0 Å². The molecule has 3 N–H and O–H groups in total. The van der Waals surface area contributed by atoms with Crippen LogP contribution in [0.15, 0.2) is 42.9 Å². The summed E-state index contributed by atoms with van der Waals surface area (Å²) < 4.78 is 2.16. The van der Waals surface area contributed by atoms with E-state index >= 15 is 0 Å². The molecule has 126 valence electrons. The molecule has 0 saturated carbocycles. The first-order valence-corrected chi connectivity index (χ1v) is 8.75. The van der Waals surface area contributed by atoms with Gasteiger partial charge in [0.2, 0.25) is 0 Å². The van der Waals surface area contributed by atoms with Crippen LogP contribution in [0.3, 0.4) is 0 Å². The summed E-state index contributed by atoms with van der Waals surface area (Å²) in [7, 11) is 0. The van der Waals surface area contributed by atoms with E-state index in [4.69, 9.17) is 5.73 Å². The van der Waals surface area contributed by atoms with E-state index in [0.29, 0.717) is 6.54 Å². The predicted octanol–water partition coefficient (Wildman–Crippen LogP) is 3.08. The van der Waals surface area contributed by atoms with E-state index in [1.54, 1.807) is 0 Å². The molecule has 2 rings (SSSR count). The number of aryl methyl sites for hydroxylation is 1. The number of aromatic nitrogens is 2. The van der Waals surface area contributed by atoms with Gasteiger partial charge in [0.15, 0.2) is 0 Å². The molecule has 0 aliphatic heterocycles.